The number of hydrogen-bond donors (Lipinski definition) is 1. The van der Waals surface area contributed by atoms with Gasteiger partial charge < -0.3 is 9.88 Å². The Morgan fingerprint density at radius 2 is 2.05 bits per heavy atom. The fourth-order valence-corrected chi connectivity index (χ4v) is 2.48. The Balaban J connectivity index is 2.07. The van der Waals surface area contributed by atoms with E-state index in [4.69, 9.17) is 0 Å². The molecule has 20 heavy (non-hydrogen) atoms. The normalized spacial score (nSPS) is 12.6. The highest BCUT2D eigenvalue weighted by molar-refractivity contribution is 5.26. The number of rotatable bonds is 7. The molecule has 0 aliphatic carbocycles. The van der Waals surface area contributed by atoms with Crippen molar-refractivity contribution in [3.8, 4) is 0 Å². The average molecular weight is 271 g/mol. The summed E-state index contributed by atoms with van der Waals surface area (Å²) >= 11 is 0. The summed E-state index contributed by atoms with van der Waals surface area (Å²) in [5.41, 5.74) is 2.80. The number of nitrogens with zero attached hydrogens (tertiary/aromatic N) is 2. The van der Waals surface area contributed by atoms with Crippen LogP contribution in [0, 0.1) is 6.92 Å². The number of aryl methyl sites for hydroxylation is 2. The zero-order chi connectivity index (χ0) is 14.4. The highest BCUT2D eigenvalue weighted by Gasteiger charge is 2.13. The van der Waals surface area contributed by atoms with Crippen LogP contribution in [0.25, 0.3) is 0 Å². The van der Waals surface area contributed by atoms with Crippen molar-refractivity contribution in [3.05, 3.63) is 53.6 Å². The minimum Gasteiger partial charge on any atom is -0.338 e. The third-order valence-corrected chi connectivity index (χ3v) is 3.76. The van der Waals surface area contributed by atoms with Gasteiger partial charge in [-0.3, -0.25) is 0 Å². The van der Waals surface area contributed by atoms with Crippen LogP contribution >= 0.6 is 0 Å². The Bertz CT molecular complexity index is 531. The third kappa shape index (κ3) is 3.94. The van der Waals surface area contributed by atoms with Gasteiger partial charge >= 0.3 is 0 Å². The maximum atomic E-state index is 4.45. The van der Waals surface area contributed by atoms with E-state index >= 15 is 0 Å². The second-order valence-electron chi connectivity index (χ2n) is 5.44. The number of nitrogens with one attached hydrogen (secondary N) is 1. The Labute approximate surface area is 122 Å². The van der Waals surface area contributed by atoms with Crippen LogP contribution in [-0.2, 0) is 19.9 Å². The first-order valence-corrected chi connectivity index (χ1v) is 7.44. The summed E-state index contributed by atoms with van der Waals surface area (Å²) in [6, 6.07) is 9.09. The molecule has 0 spiro atoms. The molecule has 1 aromatic carbocycles. The first-order chi connectivity index (χ1) is 9.70. The van der Waals surface area contributed by atoms with Crippen LogP contribution < -0.4 is 5.32 Å². The minimum absolute atomic E-state index is 0.442. The summed E-state index contributed by atoms with van der Waals surface area (Å²) < 4.78 is 2.11. The zero-order valence-electron chi connectivity index (χ0n) is 12.8. The lowest BCUT2D eigenvalue weighted by molar-refractivity contribution is 0.489. The smallest absolute Gasteiger partial charge is 0.109 e. The first-order valence-electron chi connectivity index (χ1n) is 7.44. The highest BCUT2D eigenvalue weighted by Crippen LogP contribution is 2.12. The summed E-state index contributed by atoms with van der Waals surface area (Å²) in [4.78, 5) is 4.45. The molecular formula is C17H25N3. The first kappa shape index (κ1) is 14.8. The van der Waals surface area contributed by atoms with Gasteiger partial charge in [0.25, 0.3) is 0 Å². The monoisotopic (exact) mass is 271 g/mol. The number of imidazole rings is 1. The summed E-state index contributed by atoms with van der Waals surface area (Å²) in [7, 11) is 2.06. The van der Waals surface area contributed by atoms with E-state index in [-0.39, 0.29) is 0 Å². The van der Waals surface area contributed by atoms with E-state index in [0.717, 1.165) is 31.6 Å². The Morgan fingerprint density at radius 1 is 1.25 bits per heavy atom. The Hall–Kier alpha value is -1.61. The van der Waals surface area contributed by atoms with Crippen molar-refractivity contribution in [2.45, 2.75) is 39.2 Å². The van der Waals surface area contributed by atoms with E-state index in [2.05, 4.69) is 60.0 Å². The van der Waals surface area contributed by atoms with Gasteiger partial charge in [-0.2, -0.15) is 0 Å². The average Bonchev–Trinajstić information content (AvgIpc) is 2.84. The van der Waals surface area contributed by atoms with Crippen LogP contribution in [0.5, 0.6) is 0 Å². The Morgan fingerprint density at radius 3 is 2.70 bits per heavy atom. The van der Waals surface area contributed by atoms with Crippen LogP contribution in [0.3, 0.4) is 0 Å². The van der Waals surface area contributed by atoms with Gasteiger partial charge in [0.2, 0.25) is 0 Å². The lowest BCUT2D eigenvalue weighted by atomic mass is 9.99. The van der Waals surface area contributed by atoms with Gasteiger partial charge in [0.05, 0.1) is 0 Å². The molecule has 2 rings (SSSR count). The summed E-state index contributed by atoms with van der Waals surface area (Å²) in [5.74, 6) is 1.15. The molecule has 1 heterocycles. The molecular weight excluding hydrogens is 246 g/mol. The maximum Gasteiger partial charge on any atom is 0.109 e. The van der Waals surface area contributed by atoms with Crippen molar-refractivity contribution in [2.24, 2.45) is 7.05 Å². The molecule has 2 aromatic rings. The molecule has 3 heteroatoms. The van der Waals surface area contributed by atoms with E-state index in [1.807, 2.05) is 12.4 Å². The molecule has 1 aromatic heterocycles. The van der Waals surface area contributed by atoms with Crippen LogP contribution in [0.4, 0.5) is 0 Å². The molecule has 1 N–H and O–H groups in total. The van der Waals surface area contributed by atoms with E-state index < -0.39 is 0 Å². The van der Waals surface area contributed by atoms with Gasteiger partial charge in [0.15, 0.2) is 0 Å². The lowest BCUT2D eigenvalue weighted by Crippen LogP contribution is -2.34. The number of aromatic nitrogens is 2. The molecule has 1 atom stereocenters. The van der Waals surface area contributed by atoms with Crippen LogP contribution in [0.15, 0.2) is 36.7 Å². The van der Waals surface area contributed by atoms with Crippen molar-refractivity contribution < 1.29 is 0 Å². The fraction of sp³-hybridized carbons (Fsp3) is 0.471. The summed E-state index contributed by atoms with van der Waals surface area (Å²) in [5, 5.41) is 3.66. The van der Waals surface area contributed by atoms with Gasteiger partial charge in [-0.05, 0) is 37.4 Å². The van der Waals surface area contributed by atoms with E-state index in [9.17, 15) is 0 Å². The SMILES string of the molecule is CCCNC(Cc1ccccc1C)Cc1nccn1C. The van der Waals surface area contributed by atoms with Gasteiger partial charge in [0.1, 0.15) is 5.82 Å². The second-order valence-corrected chi connectivity index (χ2v) is 5.44. The fourth-order valence-electron chi connectivity index (χ4n) is 2.48. The predicted octanol–water partition coefficient (Wildman–Crippen LogP) is 2.88. The minimum atomic E-state index is 0.442. The van der Waals surface area contributed by atoms with Crippen molar-refractivity contribution in [2.75, 3.05) is 6.54 Å². The summed E-state index contributed by atoms with van der Waals surface area (Å²) in [6.45, 7) is 5.45. The molecule has 0 aliphatic rings. The molecule has 3 nitrogen and oxygen atoms in total. The molecule has 0 fully saturated rings. The molecule has 0 radical (unpaired) electrons. The van der Waals surface area contributed by atoms with Crippen LogP contribution in [0.2, 0.25) is 0 Å². The molecule has 1 unspecified atom stereocenters. The van der Waals surface area contributed by atoms with Crippen LogP contribution in [-0.4, -0.2) is 22.1 Å². The van der Waals surface area contributed by atoms with Crippen molar-refractivity contribution in [3.63, 3.8) is 0 Å². The standard InChI is InChI=1S/C17H25N3/c1-4-9-18-16(13-17-19-10-11-20(17)3)12-15-8-6-5-7-14(15)2/h5-8,10-11,16,18H,4,9,12-13H2,1-3H3. The van der Waals surface area contributed by atoms with Gasteiger partial charge in [-0.1, -0.05) is 31.2 Å². The van der Waals surface area contributed by atoms with Crippen LogP contribution in [0.1, 0.15) is 30.3 Å². The third-order valence-electron chi connectivity index (χ3n) is 3.76. The molecule has 0 amide bonds. The summed E-state index contributed by atoms with van der Waals surface area (Å²) in [6.07, 6.45) is 7.07. The van der Waals surface area contributed by atoms with Crippen molar-refractivity contribution in [1.29, 1.82) is 0 Å². The van der Waals surface area contributed by atoms with Gasteiger partial charge in [0, 0.05) is 31.9 Å². The van der Waals surface area contributed by atoms with Crippen molar-refractivity contribution in [1.82, 2.24) is 14.9 Å². The molecule has 0 aliphatic heterocycles. The number of benzene rings is 1. The lowest BCUT2D eigenvalue weighted by Gasteiger charge is -2.19. The van der Waals surface area contributed by atoms with Gasteiger partial charge in [-0.15, -0.1) is 0 Å². The molecule has 108 valence electrons. The largest absolute Gasteiger partial charge is 0.338 e. The predicted molar refractivity (Wildman–Crippen MR) is 83.9 cm³/mol. The maximum absolute atomic E-state index is 4.45. The second kappa shape index (κ2) is 7.25. The molecule has 0 saturated heterocycles. The van der Waals surface area contributed by atoms with E-state index in [1.165, 1.54) is 11.1 Å². The van der Waals surface area contributed by atoms with Gasteiger partial charge in [-0.25, -0.2) is 4.98 Å². The number of hydrogen-bond acceptors (Lipinski definition) is 2. The topological polar surface area (TPSA) is 29.9 Å². The molecule has 0 bridgehead atoms. The van der Waals surface area contributed by atoms with E-state index in [0.29, 0.717) is 6.04 Å². The zero-order valence-corrected chi connectivity index (χ0v) is 12.8. The highest BCUT2D eigenvalue weighted by atomic mass is 15.0. The van der Waals surface area contributed by atoms with Crippen molar-refractivity contribution >= 4 is 0 Å². The van der Waals surface area contributed by atoms with E-state index in [1.54, 1.807) is 0 Å². The quantitative estimate of drug-likeness (QED) is 0.839. The molecule has 0 saturated carbocycles. The Kier molecular flexibility index (Phi) is 5.36.